The lowest BCUT2D eigenvalue weighted by Crippen LogP contribution is -2.34. The lowest BCUT2D eigenvalue weighted by Gasteiger charge is -2.21. The maximum absolute atomic E-state index is 13.6. The van der Waals surface area contributed by atoms with Crippen LogP contribution in [0, 0.1) is 0 Å². The van der Waals surface area contributed by atoms with Gasteiger partial charge < -0.3 is 10.0 Å². The fourth-order valence-electron chi connectivity index (χ4n) is 3.53. The molecule has 1 fully saturated rings. The van der Waals surface area contributed by atoms with Crippen LogP contribution in [0.25, 0.3) is 11.1 Å². The van der Waals surface area contributed by atoms with E-state index >= 15 is 0 Å². The molecule has 3 nitrogen and oxygen atoms in total. The Bertz CT molecular complexity index is 690. The Morgan fingerprint density at radius 3 is 2.05 bits per heavy atom. The van der Waals surface area contributed by atoms with Crippen LogP contribution in [-0.4, -0.2) is 41.3 Å². The molecule has 0 aromatic heterocycles. The van der Waals surface area contributed by atoms with E-state index in [1.807, 2.05) is 48.5 Å². The number of aliphatic hydroxyl groups is 1. The van der Waals surface area contributed by atoms with Crippen molar-refractivity contribution >= 4 is 5.91 Å². The van der Waals surface area contributed by atoms with E-state index in [-0.39, 0.29) is 19.0 Å². The molecule has 2 aromatic rings. The van der Waals surface area contributed by atoms with Crippen molar-refractivity contribution in [2.45, 2.75) is 18.2 Å². The summed E-state index contributed by atoms with van der Waals surface area (Å²) in [5, 5.41) is 9.58. The van der Waals surface area contributed by atoms with Crippen molar-refractivity contribution < 1.29 is 14.3 Å². The van der Waals surface area contributed by atoms with Crippen LogP contribution in [0.3, 0.4) is 0 Å². The number of hydrogen-bond donors (Lipinski definition) is 1. The van der Waals surface area contributed by atoms with Gasteiger partial charge in [0.1, 0.15) is 12.3 Å². The molecular formula is C18H16FNO2. The van der Waals surface area contributed by atoms with Gasteiger partial charge in [-0.15, -0.1) is 0 Å². The maximum atomic E-state index is 13.6. The first-order valence-corrected chi connectivity index (χ1v) is 7.46. The van der Waals surface area contributed by atoms with Crippen LogP contribution in [-0.2, 0) is 4.79 Å². The minimum atomic E-state index is -1.35. The van der Waals surface area contributed by atoms with Crippen molar-refractivity contribution in [2.24, 2.45) is 0 Å². The number of β-amino-alcohol motifs (C(OH)–C–C–N with tert-alkyl or cyclic N) is 1. The molecule has 1 aliphatic carbocycles. The predicted molar refractivity (Wildman–Crippen MR) is 81.2 cm³/mol. The molecule has 2 aromatic carbocycles. The molecule has 0 unspecified atom stereocenters. The summed E-state index contributed by atoms with van der Waals surface area (Å²) in [4.78, 5) is 14.4. The maximum Gasteiger partial charge on any atom is 0.234 e. The van der Waals surface area contributed by atoms with Gasteiger partial charge in [-0.2, -0.15) is 0 Å². The molecule has 1 saturated heterocycles. The van der Waals surface area contributed by atoms with Gasteiger partial charge in [0.25, 0.3) is 0 Å². The number of alkyl halides is 1. The topological polar surface area (TPSA) is 40.5 Å². The lowest BCUT2D eigenvalue weighted by molar-refractivity contribution is -0.131. The predicted octanol–water partition coefficient (Wildman–Crippen LogP) is 2.34. The zero-order valence-electron chi connectivity index (χ0n) is 11.9. The molecule has 1 amide bonds. The highest BCUT2D eigenvalue weighted by Gasteiger charge is 2.40. The smallest absolute Gasteiger partial charge is 0.234 e. The van der Waals surface area contributed by atoms with Gasteiger partial charge in [0.2, 0.25) is 5.91 Å². The van der Waals surface area contributed by atoms with E-state index in [1.54, 1.807) is 0 Å². The molecule has 0 bridgehead atoms. The second-order valence-electron chi connectivity index (χ2n) is 5.93. The zero-order chi connectivity index (χ0) is 15.3. The fourth-order valence-corrected chi connectivity index (χ4v) is 3.53. The highest BCUT2D eigenvalue weighted by molar-refractivity contribution is 5.96. The molecule has 4 rings (SSSR count). The normalized spacial score (nSPS) is 23.5. The first-order valence-electron chi connectivity index (χ1n) is 7.46. The number of likely N-dealkylation sites (tertiary alicyclic amines) is 1. The van der Waals surface area contributed by atoms with E-state index in [2.05, 4.69) is 0 Å². The molecular weight excluding hydrogens is 281 g/mol. The van der Waals surface area contributed by atoms with Crippen LogP contribution in [0.1, 0.15) is 17.0 Å². The average molecular weight is 297 g/mol. The monoisotopic (exact) mass is 297 g/mol. The quantitative estimate of drug-likeness (QED) is 0.877. The lowest BCUT2D eigenvalue weighted by atomic mass is 9.95. The van der Waals surface area contributed by atoms with Crippen molar-refractivity contribution in [2.75, 3.05) is 13.1 Å². The van der Waals surface area contributed by atoms with Crippen LogP contribution in [0.4, 0.5) is 4.39 Å². The highest BCUT2D eigenvalue weighted by atomic mass is 19.1. The van der Waals surface area contributed by atoms with Gasteiger partial charge in [0.05, 0.1) is 12.5 Å². The minimum Gasteiger partial charge on any atom is -0.388 e. The number of hydrogen-bond acceptors (Lipinski definition) is 2. The molecule has 22 heavy (non-hydrogen) atoms. The number of carbonyl (C=O) groups excluding carboxylic acids is 1. The largest absolute Gasteiger partial charge is 0.388 e. The van der Waals surface area contributed by atoms with Crippen LogP contribution in [0.2, 0.25) is 0 Å². The number of fused-ring (bicyclic) bond motifs is 3. The Morgan fingerprint density at radius 1 is 1.00 bits per heavy atom. The van der Waals surface area contributed by atoms with Crippen molar-refractivity contribution in [1.82, 2.24) is 4.90 Å². The summed E-state index contributed by atoms with van der Waals surface area (Å²) in [5.41, 5.74) is 4.05. The van der Waals surface area contributed by atoms with Crippen molar-refractivity contribution in [3.05, 3.63) is 59.7 Å². The van der Waals surface area contributed by atoms with Gasteiger partial charge >= 0.3 is 0 Å². The van der Waals surface area contributed by atoms with E-state index in [0.29, 0.717) is 0 Å². The SMILES string of the molecule is O=C(C1c2ccccc2-c2ccccc21)N1C[C@@H](O)[C@H](F)C1. The zero-order valence-corrected chi connectivity index (χ0v) is 11.9. The summed E-state index contributed by atoms with van der Waals surface area (Å²) in [6, 6.07) is 15.7. The molecule has 1 aliphatic heterocycles. The van der Waals surface area contributed by atoms with Crippen LogP contribution < -0.4 is 0 Å². The first kappa shape index (κ1) is 13.5. The Hall–Kier alpha value is -2.20. The molecule has 0 saturated carbocycles. The molecule has 0 radical (unpaired) electrons. The molecule has 2 atom stereocenters. The van der Waals surface area contributed by atoms with Gasteiger partial charge in [-0.1, -0.05) is 48.5 Å². The Morgan fingerprint density at radius 2 is 1.55 bits per heavy atom. The number of carbonyl (C=O) groups is 1. The summed E-state index contributed by atoms with van der Waals surface area (Å²) >= 11 is 0. The molecule has 1 N–H and O–H groups in total. The van der Waals surface area contributed by atoms with E-state index in [9.17, 15) is 14.3 Å². The standard InChI is InChI=1S/C18H16FNO2/c19-15-9-20(10-16(15)21)18(22)17-13-7-3-1-5-11(13)12-6-2-4-8-14(12)17/h1-8,15-17,21H,9-10H2/t15-,16-/m1/s1. The Kier molecular flexibility index (Phi) is 3.01. The number of benzene rings is 2. The second kappa shape index (κ2) is 4.92. The van der Waals surface area contributed by atoms with Crippen LogP contribution in [0.5, 0.6) is 0 Å². The summed E-state index contributed by atoms with van der Waals surface area (Å²) < 4.78 is 13.6. The molecule has 4 heteroatoms. The third kappa shape index (κ3) is 1.87. The average Bonchev–Trinajstić information content (AvgIpc) is 3.05. The van der Waals surface area contributed by atoms with Crippen molar-refractivity contribution in [3.63, 3.8) is 0 Å². The van der Waals surface area contributed by atoms with Crippen LogP contribution >= 0.6 is 0 Å². The summed E-state index contributed by atoms with van der Waals surface area (Å²) in [5.74, 6) is -0.526. The van der Waals surface area contributed by atoms with E-state index in [0.717, 1.165) is 22.3 Å². The van der Waals surface area contributed by atoms with Crippen molar-refractivity contribution in [1.29, 1.82) is 0 Å². The van der Waals surface area contributed by atoms with Crippen molar-refractivity contribution in [3.8, 4) is 11.1 Å². The number of nitrogens with zero attached hydrogens (tertiary/aromatic N) is 1. The Labute approximate surface area is 128 Å². The van der Waals surface area contributed by atoms with Gasteiger partial charge in [-0.3, -0.25) is 4.79 Å². The van der Waals surface area contributed by atoms with E-state index in [1.165, 1.54) is 4.90 Å². The third-order valence-corrected chi connectivity index (χ3v) is 4.61. The van der Waals surface area contributed by atoms with Gasteiger partial charge in [0.15, 0.2) is 0 Å². The number of amides is 1. The molecule has 0 spiro atoms. The number of rotatable bonds is 1. The van der Waals surface area contributed by atoms with E-state index in [4.69, 9.17) is 0 Å². The molecule has 112 valence electrons. The third-order valence-electron chi connectivity index (χ3n) is 4.61. The minimum absolute atomic E-state index is 0.0270. The Balaban J connectivity index is 1.77. The molecule has 1 heterocycles. The van der Waals surface area contributed by atoms with Gasteiger partial charge in [0, 0.05) is 6.54 Å². The fraction of sp³-hybridized carbons (Fsp3) is 0.278. The second-order valence-corrected chi connectivity index (χ2v) is 5.93. The summed E-state index contributed by atoms with van der Waals surface area (Å²) in [6.45, 7) is 0.0433. The van der Waals surface area contributed by atoms with Gasteiger partial charge in [-0.25, -0.2) is 4.39 Å². The molecule has 2 aliphatic rings. The first-order chi connectivity index (χ1) is 10.7. The summed E-state index contributed by atoms with van der Waals surface area (Å²) in [7, 11) is 0. The number of halogens is 1. The highest BCUT2D eigenvalue weighted by Crippen LogP contribution is 2.45. The number of aliphatic hydroxyl groups excluding tert-OH is 1. The van der Waals surface area contributed by atoms with E-state index < -0.39 is 18.2 Å². The summed E-state index contributed by atoms with van der Waals surface area (Å²) in [6.07, 6.45) is -2.42. The van der Waals surface area contributed by atoms with Gasteiger partial charge in [-0.05, 0) is 22.3 Å². The van der Waals surface area contributed by atoms with Crippen LogP contribution in [0.15, 0.2) is 48.5 Å².